The second-order valence-electron chi connectivity index (χ2n) is 4.95. The van der Waals surface area contributed by atoms with Gasteiger partial charge in [-0.2, -0.15) is 0 Å². The van der Waals surface area contributed by atoms with Crippen molar-refractivity contribution in [3.63, 3.8) is 0 Å². The van der Waals surface area contributed by atoms with E-state index in [1.54, 1.807) is 6.07 Å². The van der Waals surface area contributed by atoms with Crippen LogP contribution in [0, 0.1) is 6.92 Å². The largest absolute Gasteiger partial charge is 0.459 e. The Kier molecular flexibility index (Phi) is 4.11. The van der Waals surface area contributed by atoms with Gasteiger partial charge in [0.2, 0.25) is 0 Å². The number of anilines is 1. The van der Waals surface area contributed by atoms with Gasteiger partial charge in [0.25, 0.3) is 5.91 Å². The minimum atomic E-state index is -0.259. The maximum absolute atomic E-state index is 12.4. The lowest BCUT2D eigenvalue weighted by molar-refractivity contribution is 0.0997. The molecule has 0 saturated carbocycles. The van der Waals surface area contributed by atoms with Crippen molar-refractivity contribution < 1.29 is 9.21 Å². The third-order valence-electron chi connectivity index (χ3n) is 3.37. The fourth-order valence-electron chi connectivity index (χ4n) is 2.24. The van der Waals surface area contributed by atoms with Crippen LogP contribution in [0.25, 0.3) is 11.1 Å². The van der Waals surface area contributed by atoms with Gasteiger partial charge in [-0.3, -0.25) is 4.79 Å². The molecule has 0 fully saturated rings. The summed E-state index contributed by atoms with van der Waals surface area (Å²) in [6, 6.07) is 17.2. The maximum Gasteiger partial charge on any atom is 0.292 e. The van der Waals surface area contributed by atoms with Crippen LogP contribution in [0.15, 0.2) is 69.8 Å². The molecule has 22 heavy (non-hydrogen) atoms. The number of halogens is 1. The van der Waals surface area contributed by atoms with Crippen LogP contribution in [0.3, 0.4) is 0 Å². The Morgan fingerprint density at radius 1 is 1.09 bits per heavy atom. The number of furan rings is 1. The summed E-state index contributed by atoms with van der Waals surface area (Å²) < 4.78 is 6.39. The molecule has 0 bridgehead atoms. The number of hydrogen-bond acceptors (Lipinski definition) is 2. The van der Waals surface area contributed by atoms with E-state index < -0.39 is 0 Å². The van der Waals surface area contributed by atoms with Crippen LogP contribution >= 0.6 is 15.9 Å². The Labute approximate surface area is 137 Å². The van der Waals surface area contributed by atoms with Crippen LogP contribution in [0.2, 0.25) is 0 Å². The summed E-state index contributed by atoms with van der Waals surface area (Å²) in [7, 11) is 0. The van der Waals surface area contributed by atoms with Crippen molar-refractivity contribution in [1.29, 1.82) is 0 Å². The first kappa shape index (κ1) is 14.6. The van der Waals surface area contributed by atoms with Gasteiger partial charge in [0, 0.05) is 15.7 Å². The smallest absolute Gasteiger partial charge is 0.292 e. The summed E-state index contributed by atoms with van der Waals surface area (Å²) in [6.07, 6.45) is 1.53. The van der Waals surface area contributed by atoms with Gasteiger partial charge >= 0.3 is 0 Å². The quantitative estimate of drug-likeness (QED) is 0.695. The second kappa shape index (κ2) is 6.20. The third kappa shape index (κ3) is 2.97. The third-order valence-corrected chi connectivity index (χ3v) is 4.26. The first-order chi connectivity index (χ1) is 10.6. The lowest BCUT2D eigenvalue weighted by Crippen LogP contribution is -2.12. The van der Waals surface area contributed by atoms with E-state index in [-0.39, 0.29) is 5.91 Å². The molecule has 0 radical (unpaired) electrons. The summed E-state index contributed by atoms with van der Waals surface area (Å²) in [6.45, 7) is 1.97. The summed E-state index contributed by atoms with van der Waals surface area (Å²) in [5, 5.41) is 2.87. The number of hydrogen-bond donors (Lipinski definition) is 1. The maximum atomic E-state index is 12.4. The monoisotopic (exact) mass is 355 g/mol. The van der Waals surface area contributed by atoms with Gasteiger partial charge in [-0.1, -0.05) is 46.3 Å². The van der Waals surface area contributed by atoms with Crippen LogP contribution < -0.4 is 5.32 Å². The molecular weight excluding hydrogens is 342 g/mol. The summed E-state index contributed by atoms with van der Waals surface area (Å²) >= 11 is 3.45. The normalized spacial score (nSPS) is 10.5. The molecule has 2 aromatic carbocycles. The number of rotatable bonds is 3. The van der Waals surface area contributed by atoms with Gasteiger partial charge in [-0.15, -0.1) is 0 Å². The molecule has 0 spiro atoms. The lowest BCUT2D eigenvalue weighted by Gasteiger charge is -2.07. The fraction of sp³-hybridized carbons (Fsp3) is 0.0556. The Balaban J connectivity index is 1.87. The van der Waals surface area contributed by atoms with Gasteiger partial charge in [0.15, 0.2) is 5.76 Å². The number of amides is 1. The van der Waals surface area contributed by atoms with Crippen LogP contribution in [0.4, 0.5) is 5.69 Å². The molecule has 1 heterocycles. The molecule has 1 N–H and O–H groups in total. The molecule has 1 aromatic heterocycles. The number of aryl methyl sites for hydroxylation is 1. The Bertz CT molecular complexity index is 809. The molecular formula is C18H14BrNO2. The summed E-state index contributed by atoms with van der Waals surface area (Å²) in [5.74, 6) is 0.0531. The number of carbonyl (C=O) groups is 1. The van der Waals surface area contributed by atoms with E-state index in [9.17, 15) is 4.79 Å². The molecule has 110 valence electrons. The first-order valence-electron chi connectivity index (χ1n) is 6.85. The van der Waals surface area contributed by atoms with E-state index in [0.29, 0.717) is 5.76 Å². The fourth-order valence-corrected chi connectivity index (χ4v) is 2.49. The number of nitrogens with one attached hydrogen (secondary N) is 1. The van der Waals surface area contributed by atoms with Crippen molar-refractivity contribution in [3.05, 3.63) is 76.7 Å². The van der Waals surface area contributed by atoms with Crippen molar-refractivity contribution in [3.8, 4) is 11.1 Å². The average molecular weight is 356 g/mol. The minimum Gasteiger partial charge on any atom is -0.459 e. The van der Waals surface area contributed by atoms with Crippen molar-refractivity contribution in [2.24, 2.45) is 0 Å². The van der Waals surface area contributed by atoms with E-state index in [1.807, 2.05) is 55.5 Å². The van der Waals surface area contributed by atoms with Crippen LogP contribution in [-0.4, -0.2) is 5.91 Å². The predicted octanol–water partition coefficient (Wildman–Crippen LogP) is 5.27. The highest BCUT2D eigenvalue weighted by Gasteiger charge is 2.17. The molecule has 3 nitrogen and oxygen atoms in total. The molecule has 0 atom stereocenters. The van der Waals surface area contributed by atoms with Crippen LogP contribution in [0.5, 0.6) is 0 Å². The molecule has 1 amide bonds. The van der Waals surface area contributed by atoms with E-state index >= 15 is 0 Å². The summed E-state index contributed by atoms with van der Waals surface area (Å²) in [5.41, 5.74) is 3.53. The SMILES string of the molecule is Cc1cc(NC(=O)c2occc2-c2ccccc2)ccc1Br. The van der Waals surface area contributed by atoms with Crippen molar-refractivity contribution >= 4 is 27.5 Å². The first-order valence-corrected chi connectivity index (χ1v) is 7.65. The van der Waals surface area contributed by atoms with Gasteiger partial charge in [0.05, 0.1) is 6.26 Å². The highest BCUT2D eigenvalue weighted by Crippen LogP contribution is 2.26. The summed E-state index contributed by atoms with van der Waals surface area (Å²) in [4.78, 5) is 12.4. The van der Waals surface area contributed by atoms with E-state index in [2.05, 4.69) is 21.2 Å². The zero-order valence-electron chi connectivity index (χ0n) is 12.0. The highest BCUT2D eigenvalue weighted by atomic mass is 79.9. The Morgan fingerprint density at radius 3 is 2.59 bits per heavy atom. The average Bonchev–Trinajstić information content (AvgIpc) is 3.01. The van der Waals surface area contributed by atoms with Gasteiger partial charge in [0.1, 0.15) is 0 Å². The van der Waals surface area contributed by atoms with E-state index in [1.165, 1.54) is 6.26 Å². The van der Waals surface area contributed by atoms with Gasteiger partial charge in [-0.05, 0) is 42.3 Å². The molecule has 0 saturated heterocycles. The van der Waals surface area contributed by atoms with E-state index in [0.717, 1.165) is 26.9 Å². The van der Waals surface area contributed by atoms with Crippen LogP contribution in [-0.2, 0) is 0 Å². The Morgan fingerprint density at radius 2 is 1.86 bits per heavy atom. The van der Waals surface area contributed by atoms with E-state index in [4.69, 9.17) is 4.42 Å². The molecule has 0 aliphatic carbocycles. The van der Waals surface area contributed by atoms with Gasteiger partial charge < -0.3 is 9.73 Å². The zero-order valence-corrected chi connectivity index (χ0v) is 13.6. The molecule has 3 rings (SSSR count). The Hall–Kier alpha value is -2.33. The van der Waals surface area contributed by atoms with Crippen molar-refractivity contribution in [1.82, 2.24) is 0 Å². The van der Waals surface area contributed by atoms with Crippen molar-refractivity contribution in [2.45, 2.75) is 6.92 Å². The molecule has 4 heteroatoms. The zero-order chi connectivity index (χ0) is 15.5. The molecule has 0 aliphatic rings. The number of carbonyl (C=O) groups excluding carboxylic acids is 1. The molecule has 0 unspecified atom stereocenters. The molecule has 3 aromatic rings. The van der Waals surface area contributed by atoms with Gasteiger partial charge in [-0.25, -0.2) is 0 Å². The lowest BCUT2D eigenvalue weighted by atomic mass is 10.1. The van der Waals surface area contributed by atoms with Crippen molar-refractivity contribution in [2.75, 3.05) is 5.32 Å². The molecule has 0 aliphatic heterocycles. The second-order valence-corrected chi connectivity index (χ2v) is 5.80. The standard InChI is InChI=1S/C18H14BrNO2/c1-12-11-14(7-8-16(12)19)20-18(21)17-15(9-10-22-17)13-5-3-2-4-6-13/h2-11H,1H3,(H,20,21). The topological polar surface area (TPSA) is 42.2 Å². The number of benzene rings is 2. The minimum absolute atomic E-state index is 0.259. The van der Waals surface area contributed by atoms with Crippen LogP contribution in [0.1, 0.15) is 16.1 Å². The predicted molar refractivity (Wildman–Crippen MR) is 91.0 cm³/mol. The highest BCUT2D eigenvalue weighted by molar-refractivity contribution is 9.10.